The van der Waals surface area contributed by atoms with Crippen molar-refractivity contribution in [1.29, 1.82) is 0 Å². The van der Waals surface area contributed by atoms with Crippen LogP contribution in [0.25, 0.3) is 6.08 Å². The number of aliphatic hydroxyl groups is 1. The summed E-state index contributed by atoms with van der Waals surface area (Å²) >= 11 is 0. The molecule has 0 amide bonds. The summed E-state index contributed by atoms with van der Waals surface area (Å²) in [6.07, 6.45) is 3.97. The van der Waals surface area contributed by atoms with Crippen LogP contribution in [0.1, 0.15) is 45.7 Å². The largest absolute Gasteiger partial charge is 0.495 e. The molecule has 3 N–H and O–H groups in total. The van der Waals surface area contributed by atoms with Gasteiger partial charge < -0.3 is 15.6 Å². The van der Waals surface area contributed by atoms with Crippen LogP contribution in [-0.4, -0.2) is 17.8 Å². The summed E-state index contributed by atoms with van der Waals surface area (Å²) in [7, 11) is 1.62. The number of methoxy groups -OCH3 is 1. The Balaban J connectivity index is 0.000000534. The Hall–Kier alpha value is -1.74. The number of nitrogens with two attached hydrogens (primary N) is 1. The molecule has 3 nitrogen and oxygen atoms in total. The molecule has 0 heterocycles. The third-order valence-electron chi connectivity index (χ3n) is 3.58. The third kappa shape index (κ3) is 7.32. The van der Waals surface area contributed by atoms with Crippen LogP contribution in [-0.2, 0) is 0 Å². The number of aryl methyl sites for hydroxylation is 1. The number of hydrogen-bond donors (Lipinski definition) is 2. The molecule has 1 aromatic rings. The lowest BCUT2D eigenvalue weighted by Gasteiger charge is -2.21. The molecule has 0 saturated heterocycles. The van der Waals surface area contributed by atoms with E-state index in [1.54, 1.807) is 7.11 Å². The van der Waals surface area contributed by atoms with Crippen molar-refractivity contribution in [2.45, 2.75) is 47.1 Å². The maximum Gasteiger partial charge on any atom is 0.142 e. The van der Waals surface area contributed by atoms with Gasteiger partial charge in [0.05, 0.1) is 18.4 Å². The van der Waals surface area contributed by atoms with Crippen molar-refractivity contribution in [1.82, 2.24) is 0 Å². The Morgan fingerprint density at radius 1 is 1.36 bits per heavy atom. The second-order valence-electron chi connectivity index (χ2n) is 6.44. The summed E-state index contributed by atoms with van der Waals surface area (Å²) in [5, 5.41) is 9.09. The number of benzene rings is 1. The molecule has 0 atom stereocenters. The van der Waals surface area contributed by atoms with E-state index in [4.69, 9.17) is 15.6 Å². The first-order valence-corrected chi connectivity index (χ1v) is 7.49. The number of nitrogen functional groups attached to an aromatic ring is 1. The van der Waals surface area contributed by atoms with Gasteiger partial charge in [-0.25, -0.2) is 0 Å². The van der Waals surface area contributed by atoms with Crippen molar-refractivity contribution in [2.75, 3.05) is 12.8 Å². The standard InChI is InChI=1S/C13H17NO.C6H14O/c1-9(2)5-6-11-8-12(14)13(15-4)7-10(11)3;1-5(2)6(3,4)7/h5-8H,1,14H2,2-4H3;5,7H,1-4H3/b6-5-;. The van der Waals surface area contributed by atoms with E-state index >= 15 is 0 Å². The van der Waals surface area contributed by atoms with Crippen molar-refractivity contribution in [3.63, 3.8) is 0 Å². The molecule has 0 spiro atoms. The van der Waals surface area contributed by atoms with E-state index in [0.29, 0.717) is 11.6 Å². The molecule has 0 unspecified atom stereocenters. The maximum absolute atomic E-state index is 9.09. The fourth-order valence-electron chi connectivity index (χ4n) is 1.30. The molecule has 0 aliphatic heterocycles. The van der Waals surface area contributed by atoms with E-state index < -0.39 is 5.60 Å². The van der Waals surface area contributed by atoms with Gasteiger partial charge >= 0.3 is 0 Å². The molecule has 1 rings (SSSR count). The Morgan fingerprint density at radius 3 is 2.23 bits per heavy atom. The van der Waals surface area contributed by atoms with Gasteiger partial charge in [0.15, 0.2) is 0 Å². The van der Waals surface area contributed by atoms with Gasteiger partial charge in [-0.05, 0) is 56.9 Å². The number of anilines is 1. The van der Waals surface area contributed by atoms with Crippen molar-refractivity contribution in [3.05, 3.63) is 41.5 Å². The first-order valence-electron chi connectivity index (χ1n) is 7.49. The van der Waals surface area contributed by atoms with E-state index in [1.165, 1.54) is 0 Å². The van der Waals surface area contributed by atoms with E-state index in [9.17, 15) is 0 Å². The minimum absolute atomic E-state index is 0.354. The minimum atomic E-state index is -0.500. The van der Waals surface area contributed by atoms with E-state index in [1.807, 2.05) is 65.8 Å². The van der Waals surface area contributed by atoms with Crippen LogP contribution in [0, 0.1) is 12.8 Å². The zero-order valence-electron chi connectivity index (χ0n) is 15.0. The van der Waals surface area contributed by atoms with Gasteiger partial charge in [0, 0.05) is 0 Å². The smallest absolute Gasteiger partial charge is 0.142 e. The molecule has 0 aliphatic rings. The van der Waals surface area contributed by atoms with E-state index in [2.05, 4.69) is 6.58 Å². The summed E-state index contributed by atoms with van der Waals surface area (Å²) in [5.74, 6) is 1.08. The summed E-state index contributed by atoms with van der Waals surface area (Å²) in [6.45, 7) is 15.4. The normalized spacial score (nSPS) is 11.3. The highest BCUT2D eigenvalue weighted by Gasteiger charge is 2.16. The third-order valence-corrected chi connectivity index (χ3v) is 3.58. The minimum Gasteiger partial charge on any atom is -0.495 e. The zero-order chi connectivity index (χ0) is 17.5. The van der Waals surface area contributed by atoms with Crippen molar-refractivity contribution in [3.8, 4) is 5.75 Å². The van der Waals surface area contributed by atoms with Gasteiger partial charge in [0.2, 0.25) is 0 Å². The first-order chi connectivity index (χ1) is 9.98. The average Bonchev–Trinajstić information content (AvgIpc) is 2.38. The zero-order valence-corrected chi connectivity index (χ0v) is 15.0. The molecule has 3 heteroatoms. The highest BCUT2D eigenvalue weighted by Crippen LogP contribution is 2.26. The molecule has 0 radical (unpaired) electrons. The molecule has 0 aromatic heterocycles. The highest BCUT2D eigenvalue weighted by atomic mass is 16.5. The van der Waals surface area contributed by atoms with Crippen molar-refractivity contribution < 1.29 is 9.84 Å². The number of rotatable bonds is 4. The van der Waals surface area contributed by atoms with E-state index in [0.717, 1.165) is 22.4 Å². The lowest BCUT2D eigenvalue weighted by atomic mass is 9.95. The van der Waals surface area contributed by atoms with Crippen LogP contribution in [0.15, 0.2) is 30.4 Å². The summed E-state index contributed by atoms with van der Waals surface area (Å²) in [5.41, 5.74) is 9.23. The predicted octanol–water partition coefficient (Wildman–Crippen LogP) is 4.59. The monoisotopic (exact) mass is 305 g/mol. The Kier molecular flexibility index (Phi) is 7.96. The molecule has 0 saturated carbocycles. The molecular weight excluding hydrogens is 274 g/mol. The summed E-state index contributed by atoms with van der Waals surface area (Å²) in [4.78, 5) is 0. The van der Waals surface area contributed by atoms with Gasteiger partial charge in [-0.1, -0.05) is 38.2 Å². The van der Waals surface area contributed by atoms with E-state index in [-0.39, 0.29) is 0 Å². The quantitative estimate of drug-likeness (QED) is 0.632. The van der Waals surface area contributed by atoms with Crippen LogP contribution >= 0.6 is 0 Å². The molecule has 0 fully saturated rings. The molecule has 0 aliphatic carbocycles. The molecule has 0 bridgehead atoms. The van der Waals surface area contributed by atoms with Gasteiger partial charge in [-0.3, -0.25) is 0 Å². The van der Waals surface area contributed by atoms with Crippen LogP contribution in [0.5, 0.6) is 5.75 Å². The fourth-order valence-corrected chi connectivity index (χ4v) is 1.30. The number of allylic oxidation sites excluding steroid dienone is 2. The van der Waals surface area contributed by atoms with Gasteiger partial charge in [-0.15, -0.1) is 0 Å². The SMILES string of the molecule is C=C(C)/C=C\c1cc(N)c(OC)cc1C.CC(C)C(C)(C)O. The fraction of sp³-hybridized carbons (Fsp3) is 0.474. The van der Waals surface area contributed by atoms with Gasteiger partial charge in [-0.2, -0.15) is 0 Å². The summed E-state index contributed by atoms with van der Waals surface area (Å²) < 4.78 is 5.14. The summed E-state index contributed by atoms with van der Waals surface area (Å²) in [6, 6.07) is 3.85. The molecule has 124 valence electrons. The highest BCUT2D eigenvalue weighted by molar-refractivity contribution is 5.66. The van der Waals surface area contributed by atoms with Crippen molar-refractivity contribution >= 4 is 11.8 Å². The van der Waals surface area contributed by atoms with Crippen LogP contribution in [0.4, 0.5) is 5.69 Å². The van der Waals surface area contributed by atoms with Crippen LogP contribution in [0.3, 0.4) is 0 Å². The lowest BCUT2D eigenvalue weighted by Crippen LogP contribution is -2.25. The Labute approximate surface area is 135 Å². The topological polar surface area (TPSA) is 55.5 Å². The van der Waals surface area contributed by atoms with Gasteiger partial charge in [0.1, 0.15) is 5.75 Å². The Bertz CT molecular complexity index is 523. The van der Waals surface area contributed by atoms with Gasteiger partial charge in [0.25, 0.3) is 0 Å². The lowest BCUT2D eigenvalue weighted by molar-refractivity contribution is 0.0327. The Morgan fingerprint density at radius 2 is 1.86 bits per heavy atom. The average molecular weight is 305 g/mol. The number of ether oxygens (including phenoxy) is 1. The molecule has 1 aromatic carbocycles. The number of hydrogen-bond acceptors (Lipinski definition) is 3. The second kappa shape index (κ2) is 8.64. The molecular formula is C19H31NO2. The van der Waals surface area contributed by atoms with Crippen LogP contribution in [0.2, 0.25) is 0 Å². The van der Waals surface area contributed by atoms with Crippen LogP contribution < -0.4 is 10.5 Å². The second-order valence-corrected chi connectivity index (χ2v) is 6.44. The van der Waals surface area contributed by atoms with Crippen molar-refractivity contribution in [2.24, 2.45) is 5.92 Å². The maximum atomic E-state index is 9.09. The first kappa shape index (κ1) is 20.3. The predicted molar refractivity (Wildman–Crippen MR) is 97.1 cm³/mol. The molecule has 22 heavy (non-hydrogen) atoms.